The fourth-order valence-corrected chi connectivity index (χ4v) is 7.06. The van der Waals surface area contributed by atoms with Crippen LogP contribution in [0.4, 0.5) is 0 Å². The molecule has 0 aromatic heterocycles. The summed E-state index contributed by atoms with van der Waals surface area (Å²) in [6.45, 7) is 17.5. The monoisotopic (exact) mass is 462 g/mol. The third-order valence-corrected chi connectivity index (χ3v) is 9.77. The van der Waals surface area contributed by atoms with Crippen molar-refractivity contribution in [2.75, 3.05) is 14.2 Å². The fourth-order valence-electron chi connectivity index (χ4n) is 3.90. The van der Waals surface area contributed by atoms with Gasteiger partial charge in [-0.25, -0.2) is 0 Å². The third kappa shape index (κ3) is 4.50. The molecule has 0 heterocycles. The molecule has 0 aliphatic heterocycles. The average Bonchev–Trinajstić information content (AvgIpc) is 2.65. The van der Waals surface area contributed by atoms with E-state index in [2.05, 4.69) is 0 Å². The number of ether oxygens (including phenoxy) is 2. The first-order valence-corrected chi connectivity index (χ1v) is 12.5. The predicted molar refractivity (Wildman–Crippen MR) is 133 cm³/mol. The zero-order chi connectivity index (χ0) is 24.9. The first-order valence-electron chi connectivity index (χ1n) is 10.8. The minimum atomic E-state index is -3.62. The van der Waals surface area contributed by atoms with E-state index >= 15 is 4.57 Å². The fraction of sp³-hybridized carbons (Fsp3) is 0.538. The molecular formula is C26H39O5P. The Balaban J connectivity index is 3.11. The van der Waals surface area contributed by atoms with Crippen LogP contribution in [0.15, 0.2) is 24.3 Å². The van der Waals surface area contributed by atoms with Gasteiger partial charge < -0.3 is 24.3 Å². The summed E-state index contributed by atoms with van der Waals surface area (Å²) in [5.74, 6) is 0.948. The first kappa shape index (κ1) is 26.1. The number of phenols is 2. The Hall–Kier alpha value is -2.13. The molecule has 0 spiro atoms. The van der Waals surface area contributed by atoms with Gasteiger partial charge in [-0.2, -0.15) is 0 Å². The normalized spacial score (nSPS) is 13.2. The van der Waals surface area contributed by atoms with Crippen LogP contribution in [0.2, 0.25) is 0 Å². The second kappa shape index (κ2) is 8.33. The van der Waals surface area contributed by atoms with E-state index in [0.717, 1.165) is 0 Å². The van der Waals surface area contributed by atoms with Crippen LogP contribution in [-0.4, -0.2) is 29.6 Å². The minimum Gasteiger partial charge on any atom is -0.507 e. The van der Waals surface area contributed by atoms with Gasteiger partial charge in [0.05, 0.1) is 24.8 Å². The van der Waals surface area contributed by atoms with Gasteiger partial charge in [-0.1, -0.05) is 62.3 Å². The van der Waals surface area contributed by atoms with Gasteiger partial charge in [0, 0.05) is 16.3 Å². The largest absolute Gasteiger partial charge is 0.507 e. The molecule has 32 heavy (non-hydrogen) atoms. The van der Waals surface area contributed by atoms with Crippen molar-refractivity contribution < 1.29 is 24.3 Å². The lowest BCUT2D eigenvalue weighted by molar-refractivity contribution is 0.406. The topological polar surface area (TPSA) is 76.0 Å². The highest BCUT2D eigenvalue weighted by molar-refractivity contribution is 7.80. The Bertz CT molecular complexity index is 974. The van der Waals surface area contributed by atoms with Crippen molar-refractivity contribution in [3.8, 4) is 23.0 Å². The van der Waals surface area contributed by atoms with Gasteiger partial charge in [0.2, 0.25) is 0 Å². The highest BCUT2D eigenvalue weighted by atomic mass is 31.2. The van der Waals surface area contributed by atoms with Gasteiger partial charge in [0.15, 0.2) is 7.14 Å². The molecule has 0 radical (unpaired) electrons. The van der Waals surface area contributed by atoms with Crippen LogP contribution < -0.4 is 20.1 Å². The molecular weight excluding hydrogens is 423 g/mol. The van der Waals surface area contributed by atoms with Crippen LogP contribution >= 0.6 is 7.14 Å². The zero-order valence-electron chi connectivity index (χ0n) is 21.4. The summed E-state index contributed by atoms with van der Waals surface area (Å²) in [6, 6.07) is 6.81. The second-order valence-electron chi connectivity index (χ2n) is 11.4. The number of aromatic hydroxyl groups is 2. The molecule has 0 atom stereocenters. The molecule has 2 aromatic carbocycles. The summed E-state index contributed by atoms with van der Waals surface area (Å²) in [5, 5.41) is 22.6. The minimum absolute atomic E-state index is 0.0314. The predicted octanol–water partition coefficient (Wildman–Crippen LogP) is 5.82. The van der Waals surface area contributed by atoms with Gasteiger partial charge in [-0.3, -0.25) is 0 Å². The van der Waals surface area contributed by atoms with E-state index in [0.29, 0.717) is 22.6 Å². The van der Waals surface area contributed by atoms with Crippen LogP contribution in [-0.2, 0) is 15.4 Å². The SMILES string of the molecule is COc1cc(C(C)(C)C)c(O)c(P(=O)(c2cc(OC)cc(C(C)(C)C)c2O)C(C)(C)C)c1. The quantitative estimate of drug-likeness (QED) is 0.560. The van der Waals surface area contributed by atoms with Gasteiger partial charge in [0.1, 0.15) is 23.0 Å². The van der Waals surface area contributed by atoms with E-state index in [9.17, 15) is 10.2 Å². The van der Waals surface area contributed by atoms with Gasteiger partial charge in [0.25, 0.3) is 0 Å². The van der Waals surface area contributed by atoms with E-state index in [1.165, 1.54) is 0 Å². The van der Waals surface area contributed by atoms with Crippen molar-refractivity contribution in [2.24, 2.45) is 0 Å². The third-order valence-electron chi connectivity index (χ3n) is 5.84. The smallest absolute Gasteiger partial charge is 0.155 e. The van der Waals surface area contributed by atoms with Gasteiger partial charge >= 0.3 is 0 Å². The van der Waals surface area contributed by atoms with E-state index in [4.69, 9.17) is 9.47 Å². The maximum Gasteiger partial charge on any atom is 0.155 e. The lowest BCUT2D eigenvalue weighted by Crippen LogP contribution is -2.33. The Morgan fingerprint density at radius 3 is 1.19 bits per heavy atom. The number of rotatable bonds is 4. The summed E-state index contributed by atoms with van der Waals surface area (Å²) in [7, 11) is -0.522. The Morgan fingerprint density at radius 2 is 0.969 bits per heavy atom. The highest BCUT2D eigenvalue weighted by Crippen LogP contribution is 2.60. The standard InChI is InChI=1S/C26H39O5P/c1-24(2,3)18-12-16(30-10)14-20(22(18)27)32(29,26(7,8)9)21-15-17(31-11)13-19(23(21)28)25(4,5)6/h12-15,27-28H,1-11H3. The zero-order valence-corrected chi connectivity index (χ0v) is 22.3. The summed E-state index contributed by atoms with van der Waals surface area (Å²) in [5.41, 5.74) is 0.441. The lowest BCUT2D eigenvalue weighted by atomic mass is 9.86. The summed E-state index contributed by atoms with van der Waals surface area (Å²) in [6.07, 6.45) is 0. The summed E-state index contributed by atoms with van der Waals surface area (Å²) < 4.78 is 26.2. The molecule has 0 fully saturated rings. The molecule has 2 aromatic rings. The first-order chi connectivity index (χ1) is 14.4. The van der Waals surface area contributed by atoms with Crippen molar-refractivity contribution in [2.45, 2.75) is 78.3 Å². The van der Waals surface area contributed by atoms with Crippen LogP contribution in [0.3, 0.4) is 0 Å². The molecule has 0 aliphatic rings. The van der Waals surface area contributed by atoms with Crippen molar-refractivity contribution >= 4 is 17.8 Å². The van der Waals surface area contributed by atoms with Crippen LogP contribution in [0, 0.1) is 0 Å². The molecule has 0 bridgehead atoms. The van der Waals surface area contributed by atoms with E-state index < -0.39 is 23.1 Å². The number of hydrogen-bond donors (Lipinski definition) is 2. The molecule has 2 N–H and O–H groups in total. The molecule has 2 rings (SSSR count). The van der Waals surface area contributed by atoms with Gasteiger partial charge in [-0.05, 0) is 35.1 Å². The maximum absolute atomic E-state index is 15.1. The molecule has 6 heteroatoms. The van der Waals surface area contributed by atoms with Crippen LogP contribution in [0.25, 0.3) is 0 Å². The molecule has 5 nitrogen and oxygen atoms in total. The number of methoxy groups -OCH3 is 2. The Morgan fingerprint density at radius 1 is 0.656 bits per heavy atom. The van der Waals surface area contributed by atoms with E-state index in [1.807, 2.05) is 62.3 Å². The van der Waals surface area contributed by atoms with E-state index in [1.54, 1.807) is 38.5 Å². The van der Waals surface area contributed by atoms with Crippen molar-refractivity contribution in [1.29, 1.82) is 0 Å². The Kier molecular flexibility index (Phi) is 6.80. The van der Waals surface area contributed by atoms with Crippen molar-refractivity contribution in [3.05, 3.63) is 35.4 Å². The number of benzene rings is 2. The van der Waals surface area contributed by atoms with Crippen LogP contribution in [0.5, 0.6) is 23.0 Å². The summed E-state index contributed by atoms with van der Waals surface area (Å²) in [4.78, 5) is 0. The number of phenolic OH excluding ortho intramolecular Hbond substituents is 2. The molecule has 0 saturated heterocycles. The summed E-state index contributed by atoms with van der Waals surface area (Å²) >= 11 is 0. The molecule has 0 saturated carbocycles. The van der Waals surface area contributed by atoms with Crippen molar-refractivity contribution in [3.63, 3.8) is 0 Å². The molecule has 0 amide bonds. The molecule has 178 valence electrons. The van der Waals surface area contributed by atoms with Crippen molar-refractivity contribution in [1.82, 2.24) is 0 Å². The number of hydrogen-bond acceptors (Lipinski definition) is 5. The van der Waals surface area contributed by atoms with Crippen LogP contribution in [0.1, 0.15) is 73.4 Å². The molecule has 0 unspecified atom stereocenters. The van der Waals surface area contributed by atoms with Gasteiger partial charge in [-0.15, -0.1) is 0 Å². The van der Waals surface area contributed by atoms with E-state index in [-0.39, 0.29) is 22.1 Å². The lowest BCUT2D eigenvalue weighted by Gasteiger charge is -2.36. The molecule has 0 aliphatic carbocycles. The average molecular weight is 463 g/mol. The Labute approximate surface area is 193 Å². The maximum atomic E-state index is 15.1. The highest BCUT2D eigenvalue weighted by Gasteiger charge is 2.46. The second-order valence-corrected chi connectivity index (χ2v) is 14.9.